The van der Waals surface area contributed by atoms with Crippen molar-refractivity contribution < 1.29 is 15.0 Å². The number of hydrogen-bond acceptors (Lipinski definition) is 4. The second kappa shape index (κ2) is 4.77. The van der Waals surface area contributed by atoms with Crippen LogP contribution in [0.15, 0.2) is 18.2 Å². The number of phenolic OH excluding ortho intramolecular Hbond substituents is 1. The van der Waals surface area contributed by atoms with Crippen LogP contribution >= 0.6 is 0 Å². The zero-order valence-electron chi connectivity index (χ0n) is 8.18. The van der Waals surface area contributed by atoms with Crippen molar-refractivity contribution in [2.75, 3.05) is 6.54 Å². The molecular formula is C10H14N2O3. The number of benzene rings is 1. The van der Waals surface area contributed by atoms with E-state index in [9.17, 15) is 9.90 Å². The standard InChI is InChI=1S/C10H14N2O3/c11-5-8(12)7-3-6(4-10(14)15)1-2-9(7)13/h1-3,8,13H,4-5,11-12H2,(H,14,15)/t8-/m1/s1. The minimum absolute atomic E-state index is 0.0436. The first-order valence-electron chi connectivity index (χ1n) is 4.53. The summed E-state index contributed by atoms with van der Waals surface area (Å²) in [6, 6.07) is 4.08. The molecule has 15 heavy (non-hydrogen) atoms. The van der Waals surface area contributed by atoms with Crippen LogP contribution in [0.4, 0.5) is 0 Å². The second-order valence-corrected chi connectivity index (χ2v) is 3.31. The SMILES string of the molecule is NC[C@@H](N)c1cc(CC(=O)O)ccc1O. The lowest BCUT2D eigenvalue weighted by Gasteiger charge is -2.12. The Morgan fingerprint density at radius 3 is 2.67 bits per heavy atom. The molecule has 6 N–H and O–H groups in total. The normalized spacial score (nSPS) is 12.4. The van der Waals surface area contributed by atoms with Gasteiger partial charge in [0.15, 0.2) is 0 Å². The van der Waals surface area contributed by atoms with E-state index in [0.717, 1.165) is 0 Å². The summed E-state index contributed by atoms with van der Waals surface area (Å²) in [5.74, 6) is -0.880. The lowest BCUT2D eigenvalue weighted by atomic mass is 10.0. The maximum atomic E-state index is 10.5. The molecule has 0 aromatic heterocycles. The van der Waals surface area contributed by atoms with Crippen molar-refractivity contribution in [1.82, 2.24) is 0 Å². The smallest absolute Gasteiger partial charge is 0.307 e. The van der Waals surface area contributed by atoms with Crippen molar-refractivity contribution in [3.8, 4) is 5.75 Å². The molecule has 5 heteroatoms. The zero-order chi connectivity index (χ0) is 11.4. The minimum Gasteiger partial charge on any atom is -0.508 e. The maximum absolute atomic E-state index is 10.5. The van der Waals surface area contributed by atoms with Crippen molar-refractivity contribution in [1.29, 1.82) is 0 Å². The Labute approximate surface area is 87.3 Å². The third kappa shape index (κ3) is 2.93. The Balaban J connectivity index is 2.99. The van der Waals surface area contributed by atoms with E-state index < -0.39 is 12.0 Å². The van der Waals surface area contributed by atoms with E-state index in [4.69, 9.17) is 16.6 Å². The monoisotopic (exact) mass is 210 g/mol. The number of nitrogens with two attached hydrogens (primary N) is 2. The van der Waals surface area contributed by atoms with E-state index in [1.807, 2.05) is 0 Å². The Morgan fingerprint density at radius 2 is 2.13 bits per heavy atom. The molecule has 1 rings (SSSR count). The Morgan fingerprint density at radius 1 is 1.47 bits per heavy atom. The van der Waals surface area contributed by atoms with Gasteiger partial charge in [0.05, 0.1) is 6.42 Å². The van der Waals surface area contributed by atoms with Crippen LogP contribution in [0.2, 0.25) is 0 Å². The highest BCUT2D eigenvalue weighted by Gasteiger charge is 2.11. The van der Waals surface area contributed by atoms with Crippen molar-refractivity contribution in [3.05, 3.63) is 29.3 Å². The fraction of sp³-hybridized carbons (Fsp3) is 0.300. The van der Waals surface area contributed by atoms with Gasteiger partial charge in [-0.25, -0.2) is 0 Å². The van der Waals surface area contributed by atoms with Gasteiger partial charge in [0, 0.05) is 18.2 Å². The summed E-state index contributed by atoms with van der Waals surface area (Å²) in [7, 11) is 0. The van der Waals surface area contributed by atoms with Gasteiger partial charge in [-0.3, -0.25) is 4.79 Å². The molecule has 0 radical (unpaired) electrons. The molecule has 1 atom stereocenters. The Hall–Kier alpha value is -1.59. The predicted octanol–water partition coefficient (Wildman–Crippen LogP) is -0.0222. The third-order valence-electron chi connectivity index (χ3n) is 2.10. The molecule has 0 heterocycles. The molecule has 0 unspecified atom stereocenters. The van der Waals surface area contributed by atoms with Crippen LogP contribution in [0.3, 0.4) is 0 Å². The van der Waals surface area contributed by atoms with Crippen LogP contribution in [0.25, 0.3) is 0 Å². The maximum Gasteiger partial charge on any atom is 0.307 e. The second-order valence-electron chi connectivity index (χ2n) is 3.31. The molecule has 82 valence electrons. The minimum atomic E-state index is -0.923. The van der Waals surface area contributed by atoms with E-state index in [0.29, 0.717) is 11.1 Å². The molecule has 0 aliphatic carbocycles. The summed E-state index contributed by atoms with van der Waals surface area (Å²) in [6.45, 7) is 0.198. The summed E-state index contributed by atoms with van der Waals surface area (Å²) < 4.78 is 0. The fourth-order valence-corrected chi connectivity index (χ4v) is 1.31. The first kappa shape index (κ1) is 11.5. The van der Waals surface area contributed by atoms with Crippen LogP contribution in [0.5, 0.6) is 5.75 Å². The van der Waals surface area contributed by atoms with E-state index >= 15 is 0 Å². The topological polar surface area (TPSA) is 110 Å². The first-order valence-corrected chi connectivity index (χ1v) is 4.53. The Bertz CT molecular complexity index is 366. The lowest BCUT2D eigenvalue weighted by Crippen LogP contribution is -2.21. The van der Waals surface area contributed by atoms with E-state index in [1.54, 1.807) is 12.1 Å². The molecule has 1 aromatic rings. The summed E-state index contributed by atoms with van der Waals surface area (Å²) >= 11 is 0. The van der Waals surface area contributed by atoms with Gasteiger partial charge in [0.2, 0.25) is 0 Å². The molecule has 0 saturated heterocycles. The average Bonchev–Trinajstić information content (AvgIpc) is 2.19. The van der Waals surface area contributed by atoms with Gasteiger partial charge in [-0.15, -0.1) is 0 Å². The highest BCUT2D eigenvalue weighted by Crippen LogP contribution is 2.23. The quantitative estimate of drug-likeness (QED) is 0.558. The van der Waals surface area contributed by atoms with Gasteiger partial charge >= 0.3 is 5.97 Å². The molecule has 0 bridgehead atoms. The number of carboxylic acids is 1. The molecule has 1 aromatic carbocycles. The molecule has 0 amide bonds. The van der Waals surface area contributed by atoms with E-state index in [-0.39, 0.29) is 18.7 Å². The number of aromatic hydroxyl groups is 1. The largest absolute Gasteiger partial charge is 0.508 e. The van der Waals surface area contributed by atoms with E-state index in [1.165, 1.54) is 6.07 Å². The highest BCUT2D eigenvalue weighted by molar-refractivity contribution is 5.70. The zero-order valence-corrected chi connectivity index (χ0v) is 8.18. The molecule has 0 aliphatic rings. The van der Waals surface area contributed by atoms with Crippen molar-refractivity contribution in [2.45, 2.75) is 12.5 Å². The van der Waals surface area contributed by atoms with Crippen LogP contribution in [-0.4, -0.2) is 22.7 Å². The number of phenols is 1. The van der Waals surface area contributed by atoms with Gasteiger partial charge in [-0.05, 0) is 17.7 Å². The third-order valence-corrected chi connectivity index (χ3v) is 2.10. The Kier molecular flexibility index (Phi) is 3.65. The molecule has 0 fully saturated rings. The highest BCUT2D eigenvalue weighted by atomic mass is 16.4. The van der Waals surface area contributed by atoms with Gasteiger partial charge in [-0.1, -0.05) is 6.07 Å². The van der Waals surface area contributed by atoms with Crippen LogP contribution in [-0.2, 0) is 11.2 Å². The molecule has 0 saturated carbocycles. The average molecular weight is 210 g/mol. The number of aliphatic carboxylic acids is 1. The van der Waals surface area contributed by atoms with Gasteiger partial charge in [0.25, 0.3) is 0 Å². The fourth-order valence-electron chi connectivity index (χ4n) is 1.31. The predicted molar refractivity (Wildman–Crippen MR) is 55.4 cm³/mol. The number of carboxylic acid groups (broad SMARTS) is 1. The lowest BCUT2D eigenvalue weighted by molar-refractivity contribution is -0.136. The van der Waals surface area contributed by atoms with Crippen molar-refractivity contribution in [2.24, 2.45) is 11.5 Å². The van der Waals surface area contributed by atoms with Gasteiger partial charge < -0.3 is 21.7 Å². The molecule has 5 nitrogen and oxygen atoms in total. The van der Waals surface area contributed by atoms with Crippen LogP contribution < -0.4 is 11.5 Å². The number of rotatable bonds is 4. The van der Waals surface area contributed by atoms with E-state index in [2.05, 4.69) is 0 Å². The number of carbonyl (C=O) groups is 1. The summed E-state index contributed by atoms with van der Waals surface area (Å²) in [4.78, 5) is 10.5. The summed E-state index contributed by atoms with van der Waals surface area (Å²) in [5, 5.41) is 18.1. The first-order chi connectivity index (χ1) is 7.04. The van der Waals surface area contributed by atoms with Gasteiger partial charge in [-0.2, -0.15) is 0 Å². The number of hydrogen-bond donors (Lipinski definition) is 4. The molecule has 0 spiro atoms. The van der Waals surface area contributed by atoms with Crippen LogP contribution in [0, 0.1) is 0 Å². The molecule has 0 aliphatic heterocycles. The summed E-state index contributed by atoms with van der Waals surface area (Å²) in [6.07, 6.45) is -0.0927. The van der Waals surface area contributed by atoms with Crippen molar-refractivity contribution >= 4 is 5.97 Å². The van der Waals surface area contributed by atoms with Crippen molar-refractivity contribution in [3.63, 3.8) is 0 Å². The van der Waals surface area contributed by atoms with Gasteiger partial charge in [0.1, 0.15) is 5.75 Å². The molecular weight excluding hydrogens is 196 g/mol. The van der Waals surface area contributed by atoms with Crippen LogP contribution in [0.1, 0.15) is 17.2 Å². The summed E-state index contributed by atoms with van der Waals surface area (Å²) in [5.41, 5.74) is 12.1.